The van der Waals surface area contributed by atoms with E-state index in [2.05, 4.69) is 11.0 Å². The van der Waals surface area contributed by atoms with Gasteiger partial charge in [0.05, 0.1) is 16.8 Å². The van der Waals surface area contributed by atoms with E-state index in [9.17, 15) is 13.7 Å². The van der Waals surface area contributed by atoms with Crippen molar-refractivity contribution in [2.45, 2.75) is 32.2 Å². The van der Waals surface area contributed by atoms with Crippen LogP contribution in [-0.4, -0.2) is 49.1 Å². The zero-order valence-electron chi connectivity index (χ0n) is 14.9. The highest BCUT2D eigenvalue weighted by Crippen LogP contribution is 2.31. The van der Waals surface area contributed by atoms with Crippen LogP contribution in [0.2, 0.25) is 0 Å². The third kappa shape index (κ3) is 2.83. The first-order valence-corrected chi connectivity index (χ1v) is 10.7. The molecule has 0 spiro atoms. The lowest BCUT2D eigenvalue weighted by atomic mass is 10.0. The SMILES string of the molecule is Cc1c(C#N)c(N2CCC(N3CCCS3(=O)=O)CC2)nc2ccccc12. The summed E-state index contributed by atoms with van der Waals surface area (Å²) in [7, 11) is -3.07. The summed E-state index contributed by atoms with van der Waals surface area (Å²) in [5.74, 6) is 1.00. The number of nitrogens with zero attached hydrogens (tertiary/aromatic N) is 4. The first-order valence-electron chi connectivity index (χ1n) is 9.05. The van der Waals surface area contributed by atoms with Crippen LogP contribution in [0.5, 0.6) is 0 Å². The number of benzene rings is 1. The Balaban J connectivity index is 1.61. The van der Waals surface area contributed by atoms with Gasteiger partial charge in [0.1, 0.15) is 11.9 Å². The van der Waals surface area contributed by atoms with Gasteiger partial charge in [-0.3, -0.25) is 0 Å². The van der Waals surface area contributed by atoms with E-state index in [0.717, 1.165) is 54.6 Å². The Bertz CT molecular complexity index is 989. The van der Waals surface area contributed by atoms with Crippen LogP contribution in [0.3, 0.4) is 0 Å². The van der Waals surface area contributed by atoms with Crippen molar-refractivity contribution in [3.8, 4) is 6.07 Å². The number of anilines is 1. The molecule has 1 aromatic carbocycles. The summed E-state index contributed by atoms with van der Waals surface area (Å²) in [6.45, 7) is 4.05. The molecule has 2 aromatic rings. The van der Waals surface area contributed by atoms with Crippen molar-refractivity contribution < 1.29 is 8.42 Å². The molecular formula is C19H22N4O2S. The maximum Gasteiger partial charge on any atom is 0.214 e. The van der Waals surface area contributed by atoms with Crippen LogP contribution in [0.4, 0.5) is 5.82 Å². The van der Waals surface area contributed by atoms with Gasteiger partial charge in [-0.1, -0.05) is 18.2 Å². The molecule has 4 rings (SSSR count). The summed E-state index contributed by atoms with van der Waals surface area (Å²) in [5, 5.41) is 10.7. The van der Waals surface area contributed by atoms with Gasteiger partial charge >= 0.3 is 0 Å². The molecule has 0 bridgehead atoms. The number of aryl methyl sites for hydroxylation is 1. The van der Waals surface area contributed by atoms with Crippen molar-refractivity contribution in [3.05, 3.63) is 35.4 Å². The molecule has 26 heavy (non-hydrogen) atoms. The summed E-state index contributed by atoms with van der Waals surface area (Å²) in [4.78, 5) is 6.89. The minimum Gasteiger partial charge on any atom is -0.355 e. The molecule has 7 heteroatoms. The second-order valence-corrected chi connectivity index (χ2v) is 9.10. The van der Waals surface area contributed by atoms with E-state index >= 15 is 0 Å². The number of piperidine rings is 1. The molecule has 6 nitrogen and oxygen atoms in total. The molecule has 0 unspecified atom stereocenters. The Kier molecular flexibility index (Phi) is 4.33. The third-order valence-corrected chi connectivity index (χ3v) is 7.55. The maximum atomic E-state index is 12.2. The van der Waals surface area contributed by atoms with Crippen molar-refractivity contribution in [2.75, 3.05) is 30.3 Å². The zero-order chi connectivity index (χ0) is 18.3. The monoisotopic (exact) mass is 370 g/mol. The van der Waals surface area contributed by atoms with Crippen LogP contribution < -0.4 is 4.90 Å². The molecule has 2 fully saturated rings. The minimum absolute atomic E-state index is 0.0749. The summed E-state index contributed by atoms with van der Waals surface area (Å²) in [6.07, 6.45) is 2.28. The molecule has 2 aliphatic rings. The molecule has 2 saturated heterocycles. The van der Waals surface area contributed by atoms with Crippen LogP contribution in [0.1, 0.15) is 30.4 Å². The smallest absolute Gasteiger partial charge is 0.214 e. The van der Waals surface area contributed by atoms with Gasteiger partial charge in [0.15, 0.2) is 0 Å². The normalized spacial score (nSPS) is 21.2. The third-order valence-electron chi connectivity index (χ3n) is 5.55. The van der Waals surface area contributed by atoms with Gasteiger partial charge in [-0.05, 0) is 37.8 Å². The fourth-order valence-electron chi connectivity index (χ4n) is 4.16. The number of aromatic nitrogens is 1. The fraction of sp³-hybridized carbons (Fsp3) is 0.474. The Labute approximate surface area is 154 Å². The Morgan fingerprint density at radius 1 is 1.19 bits per heavy atom. The van der Waals surface area contributed by atoms with Crippen molar-refractivity contribution in [3.63, 3.8) is 0 Å². The number of pyridine rings is 1. The maximum absolute atomic E-state index is 12.2. The van der Waals surface area contributed by atoms with Crippen LogP contribution in [-0.2, 0) is 10.0 Å². The number of rotatable bonds is 2. The standard InChI is InChI=1S/C19H22N4O2S/c1-14-16-5-2-3-6-18(16)21-19(17(14)13-20)22-10-7-15(8-11-22)23-9-4-12-26(23,24)25/h2-3,5-6,15H,4,7-12H2,1H3. The van der Waals surface area contributed by atoms with Crippen molar-refractivity contribution in [1.82, 2.24) is 9.29 Å². The predicted molar refractivity (Wildman–Crippen MR) is 102 cm³/mol. The van der Waals surface area contributed by atoms with E-state index in [1.54, 1.807) is 4.31 Å². The first kappa shape index (κ1) is 17.3. The van der Waals surface area contributed by atoms with Crippen LogP contribution in [0.25, 0.3) is 10.9 Å². The predicted octanol–water partition coefficient (Wildman–Crippen LogP) is 2.42. The summed E-state index contributed by atoms with van der Waals surface area (Å²) >= 11 is 0. The molecule has 0 saturated carbocycles. The lowest BCUT2D eigenvalue weighted by Crippen LogP contribution is -2.46. The Hall–Kier alpha value is -2.17. The molecule has 136 valence electrons. The molecule has 0 N–H and O–H groups in total. The lowest BCUT2D eigenvalue weighted by molar-refractivity contribution is 0.290. The molecule has 3 heterocycles. The van der Waals surface area contributed by atoms with Gasteiger partial charge < -0.3 is 4.90 Å². The average Bonchev–Trinajstić information content (AvgIpc) is 3.01. The average molecular weight is 370 g/mol. The molecule has 0 amide bonds. The van der Waals surface area contributed by atoms with E-state index in [0.29, 0.717) is 12.1 Å². The second-order valence-electron chi connectivity index (χ2n) is 7.06. The topological polar surface area (TPSA) is 77.3 Å². The van der Waals surface area contributed by atoms with Gasteiger partial charge in [-0.15, -0.1) is 0 Å². The highest BCUT2D eigenvalue weighted by atomic mass is 32.2. The molecule has 0 radical (unpaired) electrons. The number of hydrogen-bond acceptors (Lipinski definition) is 5. The molecular weight excluding hydrogens is 348 g/mol. The zero-order valence-corrected chi connectivity index (χ0v) is 15.7. The number of hydrogen-bond donors (Lipinski definition) is 0. The fourth-order valence-corrected chi connectivity index (χ4v) is 5.96. The van der Waals surface area contributed by atoms with Crippen molar-refractivity contribution >= 4 is 26.7 Å². The van der Waals surface area contributed by atoms with Gasteiger partial charge in [0, 0.05) is 31.1 Å². The molecule has 1 aromatic heterocycles. The van der Waals surface area contributed by atoms with E-state index in [1.165, 1.54) is 0 Å². The van der Waals surface area contributed by atoms with E-state index < -0.39 is 10.0 Å². The number of sulfonamides is 1. The second kappa shape index (κ2) is 6.53. The van der Waals surface area contributed by atoms with Gasteiger partial charge in [0.25, 0.3) is 0 Å². The molecule has 0 atom stereocenters. The van der Waals surface area contributed by atoms with Gasteiger partial charge in [-0.2, -0.15) is 9.57 Å². The highest BCUT2D eigenvalue weighted by molar-refractivity contribution is 7.89. The van der Waals surface area contributed by atoms with Crippen molar-refractivity contribution in [2.24, 2.45) is 0 Å². The largest absolute Gasteiger partial charge is 0.355 e. The summed E-state index contributed by atoms with van der Waals surface area (Å²) in [6, 6.07) is 10.3. The molecule has 0 aliphatic carbocycles. The van der Waals surface area contributed by atoms with E-state index in [4.69, 9.17) is 4.98 Å². The minimum atomic E-state index is -3.07. The van der Waals surface area contributed by atoms with Crippen molar-refractivity contribution in [1.29, 1.82) is 5.26 Å². The van der Waals surface area contributed by atoms with E-state index in [-0.39, 0.29) is 11.8 Å². The van der Waals surface area contributed by atoms with E-state index in [1.807, 2.05) is 31.2 Å². The van der Waals surface area contributed by atoms with Crippen LogP contribution >= 0.6 is 0 Å². The Morgan fingerprint density at radius 3 is 2.58 bits per heavy atom. The van der Waals surface area contributed by atoms with Crippen LogP contribution in [0.15, 0.2) is 24.3 Å². The Morgan fingerprint density at radius 2 is 1.92 bits per heavy atom. The lowest BCUT2D eigenvalue weighted by Gasteiger charge is -2.37. The summed E-state index contributed by atoms with van der Waals surface area (Å²) < 4.78 is 26.0. The van der Waals surface area contributed by atoms with Crippen LogP contribution in [0, 0.1) is 18.3 Å². The highest BCUT2D eigenvalue weighted by Gasteiger charge is 2.36. The molecule has 2 aliphatic heterocycles. The number of fused-ring (bicyclic) bond motifs is 1. The van der Waals surface area contributed by atoms with Gasteiger partial charge in [0.2, 0.25) is 10.0 Å². The number of nitriles is 1. The quantitative estimate of drug-likeness (QED) is 0.811. The van der Waals surface area contributed by atoms with Gasteiger partial charge in [-0.25, -0.2) is 13.4 Å². The number of para-hydroxylation sites is 1. The first-order chi connectivity index (χ1) is 12.5. The summed E-state index contributed by atoms with van der Waals surface area (Å²) in [5.41, 5.74) is 2.47.